The summed E-state index contributed by atoms with van der Waals surface area (Å²) in [7, 11) is 2.58. The molecule has 0 fully saturated rings. The maximum Gasteiger partial charge on any atom is 0.348 e. The molecule has 2 rings (SSSR count). The van der Waals surface area contributed by atoms with Crippen molar-refractivity contribution in [3.63, 3.8) is 0 Å². The standard InChI is InChI=1S/C16H16N4O5S/c1-5-25-15(23)11-8(2)9(6-17)12(26-11)18-7-10-13(21)19(3)16(24)20(4)14(10)22/h7,21H,5H2,1-4H3. The first-order valence-electron chi connectivity index (χ1n) is 7.48. The fourth-order valence-electron chi connectivity index (χ4n) is 2.21. The average molecular weight is 376 g/mol. The van der Waals surface area contributed by atoms with E-state index >= 15 is 0 Å². The Hall–Kier alpha value is -3.19. The number of hydrogen-bond donors (Lipinski definition) is 1. The van der Waals surface area contributed by atoms with Gasteiger partial charge in [-0.3, -0.25) is 13.9 Å². The molecule has 1 N–H and O–H groups in total. The van der Waals surface area contributed by atoms with Crippen LogP contribution in [0.25, 0.3) is 0 Å². The van der Waals surface area contributed by atoms with Crippen molar-refractivity contribution in [1.82, 2.24) is 9.13 Å². The van der Waals surface area contributed by atoms with Gasteiger partial charge in [0.2, 0.25) is 5.88 Å². The van der Waals surface area contributed by atoms with Crippen molar-refractivity contribution in [2.45, 2.75) is 13.8 Å². The second-order valence-corrected chi connectivity index (χ2v) is 6.27. The summed E-state index contributed by atoms with van der Waals surface area (Å²) in [5.74, 6) is -1.10. The highest BCUT2D eigenvalue weighted by atomic mass is 32.1. The van der Waals surface area contributed by atoms with Crippen molar-refractivity contribution in [1.29, 1.82) is 5.26 Å². The molecule has 0 bridgehead atoms. The van der Waals surface area contributed by atoms with E-state index in [1.807, 2.05) is 6.07 Å². The highest BCUT2D eigenvalue weighted by molar-refractivity contribution is 7.18. The van der Waals surface area contributed by atoms with Crippen molar-refractivity contribution in [3.8, 4) is 11.9 Å². The van der Waals surface area contributed by atoms with Crippen LogP contribution in [-0.4, -0.2) is 33.0 Å². The molecule has 0 aromatic carbocycles. The predicted molar refractivity (Wildman–Crippen MR) is 95.6 cm³/mol. The van der Waals surface area contributed by atoms with Crippen LogP contribution in [0.4, 0.5) is 5.00 Å². The Labute approximate surface area is 152 Å². The number of thiophene rings is 1. The van der Waals surface area contributed by atoms with Crippen LogP contribution >= 0.6 is 11.3 Å². The Morgan fingerprint density at radius 1 is 1.38 bits per heavy atom. The van der Waals surface area contributed by atoms with Crippen molar-refractivity contribution >= 4 is 28.5 Å². The number of aromatic hydroxyl groups is 1. The summed E-state index contributed by atoms with van der Waals surface area (Å²) in [5, 5.41) is 19.6. The first-order chi connectivity index (χ1) is 12.2. The number of rotatable bonds is 4. The number of aromatic nitrogens is 2. The van der Waals surface area contributed by atoms with E-state index in [9.17, 15) is 24.8 Å². The maximum atomic E-state index is 12.2. The molecule has 0 atom stereocenters. The van der Waals surface area contributed by atoms with Crippen LogP contribution in [0.1, 0.15) is 33.3 Å². The molecule has 0 saturated heterocycles. The van der Waals surface area contributed by atoms with Crippen LogP contribution in [0, 0.1) is 18.3 Å². The van der Waals surface area contributed by atoms with Gasteiger partial charge in [0.15, 0.2) is 0 Å². The van der Waals surface area contributed by atoms with Crippen molar-refractivity contribution < 1.29 is 14.6 Å². The Bertz CT molecular complexity index is 1070. The molecule has 0 spiro atoms. The third-order valence-electron chi connectivity index (χ3n) is 3.68. The van der Waals surface area contributed by atoms with Crippen LogP contribution in [0.5, 0.6) is 5.88 Å². The summed E-state index contributed by atoms with van der Waals surface area (Å²) in [6.45, 7) is 3.46. The first-order valence-corrected chi connectivity index (χ1v) is 8.29. The van der Waals surface area contributed by atoms with Crippen molar-refractivity contribution in [2.75, 3.05) is 6.61 Å². The van der Waals surface area contributed by atoms with E-state index in [1.165, 1.54) is 14.1 Å². The molecule has 10 heteroatoms. The monoisotopic (exact) mass is 376 g/mol. The average Bonchev–Trinajstić information content (AvgIpc) is 2.94. The molecule has 0 aliphatic heterocycles. The molecule has 9 nitrogen and oxygen atoms in total. The van der Waals surface area contributed by atoms with Gasteiger partial charge in [0.05, 0.1) is 12.2 Å². The van der Waals surface area contributed by atoms with Gasteiger partial charge < -0.3 is 9.84 Å². The molecule has 0 aliphatic rings. The Morgan fingerprint density at radius 2 is 2.04 bits per heavy atom. The summed E-state index contributed by atoms with van der Waals surface area (Å²) in [6, 6.07) is 1.97. The van der Waals surface area contributed by atoms with Gasteiger partial charge in [0.25, 0.3) is 5.56 Å². The second-order valence-electron chi connectivity index (χ2n) is 5.27. The van der Waals surface area contributed by atoms with E-state index in [4.69, 9.17) is 4.74 Å². The molecule has 0 radical (unpaired) electrons. The summed E-state index contributed by atoms with van der Waals surface area (Å²) in [5.41, 5.74) is -1.01. The van der Waals surface area contributed by atoms with Gasteiger partial charge in [0, 0.05) is 20.3 Å². The smallest absolute Gasteiger partial charge is 0.348 e. The number of nitriles is 1. The lowest BCUT2D eigenvalue weighted by Crippen LogP contribution is -2.38. The van der Waals surface area contributed by atoms with Gasteiger partial charge in [-0.1, -0.05) is 0 Å². The molecule has 0 saturated carbocycles. The maximum absolute atomic E-state index is 12.2. The number of carbonyl (C=O) groups is 1. The third-order valence-corrected chi connectivity index (χ3v) is 4.86. The summed E-state index contributed by atoms with van der Waals surface area (Å²) in [6.07, 6.45) is 1.07. The topological polar surface area (TPSA) is 127 Å². The molecular formula is C16H16N4O5S. The first kappa shape index (κ1) is 19.1. The predicted octanol–water partition coefficient (Wildman–Crippen LogP) is 0.958. The summed E-state index contributed by atoms with van der Waals surface area (Å²) in [4.78, 5) is 40.2. The van der Waals surface area contributed by atoms with Crippen molar-refractivity contribution in [2.24, 2.45) is 19.1 Å². The van der Waals surface area contributed by atoms with E-state index in [0.29, 0.717) is 5.56 Å². The van der Waals surface area contributed by atoms with Gasteiger partial charge in [-0.25, -0.2) is 14.6 Å². The van der Waals surface area contributed by atoms with E-state index in [-0.39, 0.29) is 27.6 Å². The quantitative estimate of drug-likeness (QED) is 0.625. The minimum atomic E-state index is -0.730. The lowest BCUT2D eigenvalue weighted by molar-refractivity contribution is 0.0531. The number of hydrogen-bond acceptors (Lipinski definition) is 8. The number of carbonyl (C=O) groups excluding carboxylic acids is 1. The lowest BCUT2D eigenvalue weighted by atomic mass is 10.2. The van der Waals surface area contributed by atoms with Gasteiger partial charge in [0.1, 0.15) is 21.5 Å². The normalized spacial score (nSPS) is 10.9. The zero-order valence-electron chi connectivity index (χ0n) is 14.6. The Balaban J connectivity index is 2.59. The van der Waals surface area contributed by atoms with E-state index in [1.54, 1.807) is 13.8 Å². The second kappa shape index (κ2) is 7.37. The largest absolute Gasteiger partial charge is 0.494 e. The molecular weight excluding hydrogens is 360 g/mol. The minimum Gasteiger partial charge on any atom is -0.494 e. The van der Waals surface area contributed by atoms with Crippen LogP contribution in [-0.2, 0) is 18.8 Å². The molecule has 0 aliphatic carbocycles. The summed E-state index contributed by atoms with van der Waals surface area (Å²) >= 11 is 0.947. The highest BCUT2D eigenvalue weighted by Crippen LogP contribution is 2.35. The minimum absolute atomic E-state index is 0.176. The number of ether oxygens (including phenoxy) is 1. The summed E-state index contributed by atoms with van der Waals surface area (Å²) < 4.78 is 6.68. The molecule has 2 aromatic heterocycles. The molecule has 0 unspecified atom stereocenters. The zero-order valence-corrected chi connectivity index (χ0v) is 15.4. The number of aliphatic imine (C=N–C) groups is 1. The van der Waals surface area contributed by atoms with Crippen LogP contribution in [0.3, 0.4) is 0 Å². The molecule has 2 aromatic rings. The molecule has 26 heavy (non-hydrogen) atoms. The molecule has 2 heterocycles. The van der Waals surface area contributed by atoms with E-state index in [0.717, 1.165) is 26.7 Å². The van der Waals surface area contributed by atoms with Crippen molar-refractivity contribution in [3.05, 3.63) is 42.4 Å². The third kappa shape index (κ3) is 3.16. The van der Waals surface area contributed by atoms with Crippen LogP contribution < -0.4 is 11.2 Å². The number of nitrogens with zero attached hydrogens (tertiary/aromatic N) is 4. The Kier molecular flexibility index (Phi) is 5.42. The molecule has 136 valence electrons. The van der Waals surface area contributed by atoms with Gasteiger partial charge in [-0.05, 0) is 19.4 Å². The highest BCUT2D eigenvalue weighted by Gasteiger charge is 2.21. The molecule has 0 amide bonds. The Morgan fingerprint density at radius 3 is 2.62 bits per heavy atom. The van der Waals surface area contributed by atoms with E-state index in [2.05, 4.69) is 4.99 Å². The van der Waals surface area contributed by atoms with Crippen LogP contribution in [0.2, 0.25) is 0 Å². The van der Waals surface area contributed by atoms with E-state index < -0.39 is 23.1 Å². The fourth-order valence-corrected chi connectivity index (χ4v) is 3.20. The SMILES string of the molecule is CCOC(=O)c1sc(N=Cc2c(O)n(C)c(=O)n(C)c2=O)c(C#N)c1C. The van der Waals surface area contributed by atoms with Gasteiger partial charge in [-0.2, -0.15) is 5.26 Å². The number of esters is 1. The van der Waals surface area contributed by atoms with Gasteiger partial charge in [-0.15, -0.1) is 11.3 Å². The van der Waals surface area contributed by atoms with Gasteiger partial charge >= 0.3 is 11.7 Å². The zero-order chi connectivity index (χ0) is 19.6. The van der Waals surface area contributed by atoms with Crippen LogP contribution in [0.15, 0.2) is 14.6 Å². The lowest BCUT2D eigenvalue weighted by Gasteiger charge is -2.06. The fraction of sp³-hybridized carbons (Fsp3) is 0.312.